The fourth-order valence-corrected chi connectivity index (χ4v) is 1.69. The van der Waals surface area contributed by atoms with Crippen LogP contribution in [0.3, 0.4) is 0 Å². The lowest BCUT2D eigenvalue weighted by Crippen LogP contribution is -2.33. The van der Waals surface area contributed by atoms with Crippen molar-refractivity contribution in [2.75, 3.05) is 19.0 Å². The van der Waals surface area contributed by atoms with Crippen LogP contribution in [0.4, 0.5) is 10.5 Å². The molecule has 0 aliphatic heterocycles. The zero-order chi connectivity index (χ0) is 15.1. The summed E-state index contributed by atoms with van der Waals surface area (Å²) in [6, 6.07) is 4.59. The molecule has 4 N–H and O–H groups in total. The summed E-state index contributed by atoms with van der Waals surface area (Å²) in [5, 5.41) is 22.6. The van der Waals surface area contributed by atoms with Crippen molar-refractivity contribution in [3.05, 3.63) is 22.7 Å². The molecule has 1 atom stereocenters. The van der Waals surface area contributed by atoms with Gasteiger partial charge in [-0.05, 0) is 28.1 Å². The van der Waals surface area contributed by atoms with Crippen LogP contribution in [0.2, 0.25) is 0 Å². The second-order valence-electron chi connectivity index (χ2n) is 3.87. The second kappa shape index (κ2) is 7.71. The molecule has 110 valence electrons. The molecular weight excluding hydrogens is 332 g/mol. The number of hydrogen-bond donors (Lipinski definition) is 4. The van der Waals surface area contributed by atoms with Gasteiger partial charge >= 0.3 is 12.0 Å². The van der Waals surface area contributed by atoms with E-state index in [1.807, 2.05) is 0 Å². The summed E-state index contributed by atoms with van der Waals surface area (Å²) in [5.41, 5.74) is 0.514. The zero-order valence-corrected chi connectivity index (χ0v) is 12.3. The van der Waals surface area contributed by atoms with Crippen LogP contribution < -0.4 is 15.4 Å². The molecule has 0 aliphatic carbocycles. The van der Waals surface area contributed by atoms with Crippen molar-refractivity contribution < 1.29 is 24.5 Å². The number of ether oxygens (including phenoxy) is 1. The van der Waals surface area contributed by atoms with E-state index in [0.29, 0.717) is 15.9 Å². The molecule has 0 fully saturated rings. The number of aliphatic hydroxyl groups is 1. The van der Waals surface area contributed by atoms with Gasteiger partial charge in [-0.25, -0.2) is 9.59 Å². The lowest BCUT2D eigenvalue weighted by Gasteiger charge is -2.11. The van der Waals surface area contributed by atoms with E-state index in [9.17, 15) is 9.59 Å². The summed E-state index contributed by atoms with van der Waals surface area (Å²) >= 11 is 3.28. The smallest absolute Gasteiger partial charge is 0.332 e. The minimum absolute atomic E-state index is 0.0425. The average Bonchev–Trinajstić information content (AvgIpc) is 2.41. The molecule has 0 radical (unpaired) electrons. The molecule has 0 saturated heterocycles. The molecule has 7 nitrogen and oxygen atoms in total. The van der Waals surface area contributed by atoms with Gasteiger partial charge in [-0.1, -0.05) is 0 Å². The molecule has 0 bridgehead atoms. The predicted octanol–water partition coefficient (Wildman–Crippen LogP) is 1.41. The Balaban J connectivity index is 2.48. The normalized spacial score (nSPS) is 11.6. The fraction of sp³-hybridized carbons (Fsp3) is 0.333. The molecule has 1 aromatic rings. The molecule has 0 aliphatic rings. The maximum atomic E-state index is 11.6. The van der Waals surface area contributed by atoms with E-state index in [1.165, 1.54) is 7.11 Å². The average molecular weight is 347 g/mol. The van der Waals surface area contributed by atoms with Gasteiger partial charge in [0.2, 0.25) is 0 Å². The Morgan fingerprint density at radius 2 is 2.15 bits per heavy atom. The molecule has 0 saturated carbocycles. The first kappa shape index (κ1) is 16.3. The Morgan fingerprint density at radius 3 is 2.75 bits per heavy atom. The number of urea groups is 1. The number of amides is 2. The second-order valence-corrected chi connectivity index (χ2v) is 4.72. The number of carboxylic acid groups (broad SMARTS) is 1. The van der Waals surface area contributed by atoms with Crippen molar-refractivity contribution in [1.29, 1.82) is 0 Å². The molecule has 0 unspecified atom stereocenters. The topological polar surface area (TPSA) is 108 Å². The molecule has 0 spiro atoms. The largest absolute Gasteiger partial charge is 0.497 e. The molecule has 20 heavy (non-hydrogen) atoms. The standard InChI is InChI=1S/C12H15BrN2O5/c1-20-7-2-3-8(13)9(6-7)15-12(19)14-5-4-10(16)11(17)18/h2-3,6,10,16H,4-5H2,1H3,(H,17,18)(H2,14,15,19)/t10-/m0/s1. The Hall–Kier alpha value is -1.80. The summed E-state index contributed by atoms with van der Waals surface area (Å²) in [4.78, 5) is 22.0. The molecule has 0 aromatic heterocycles. The van der Waals surface area contributed by atoms with Crippen LogP contribution in [0, 0.1) is 0 Å². The maximum Gasteiger partial charge on any atom is 0.332 e. The lowest BCUT2D eigenvalue weighted by atomic mass is 10.2. The Morgan fingerprint density at radius 1 is 1.45 bits per heavy atom. The van der Waals surface area contributed by atoms with Crippen LogP contribution in [-0.2, 0) is 4.79 Å². The number of halogens is 1. The van der Waals surface area contributed by atoms with Crippen molar-refractivity contribution in [2.45, 2.75) is 12.5 Å². The Kier molecular flexibility index (Phi) is 6.26. The monoisotopic (exact) mass is 346 g/mol. The van der Waals surface area contributed by atoms with Gasteiger partial charge in [0.1, 0.15) is 5.75 Å². The molecular formula is C12H15BrN2O5. The molecule has 1 rings (SSSR count). The summed E-state index contributed by atoms with van der Waals surface area (Å²) < 4.78 is 5.72. The number of anilines is 1. The minimum atomic E-state index is -1.49. The summed E-state index contributed by atoms with van der Waals surface area (Å²) in [7, 11) is 1.51. The molecule has 1 aromatic carbocycles. The third kappa shape index (κ3) is 5.06. The van der Waals surface area contributed by atoms with Crippen molar-refractivity contribution in [3.63, 3.8) is 0 Å². The number of carboxylic acids is 1. The third-order valence-electron chi connectivity index (χ3n) is 2.41. The van der Waals surface area contributed by atoms with Gasteiger partial charge < -0.3 is 25.6 Å². The lowest BCUT2D eigenvalue weighted by molar-refractivity contribution is -0.146. The summed E-state index contributed by atoms with van der Waals surface area (Å²) in [6.45, 7) is 0.0425. The van der Waals surface area contributed by atoms with Gasteiger partial charge in [0.05, 0.1) is 12.8 Å². The molecule has 8 heteroatoms. The van der Waals surface area contributed by atoms with Gasteiger partial charge in [-0.15, -0.1) is 0 Å². The first-order chi connectivity index (χ1) is 9.43. The number of aliphatic carboxylic acids is 1. The highest BCUT2D eigenvalue weighted by Gasteiger charge is 2.13. The van der Waals surface area contributed by atoms with Crippen LogP contribution in [0.25, 0.3) is 0 Å². The summed E-state index contributed by atoms with van der Waals surface area (Å²) in [6.07, 6.45) is -1.55. The van der Waals surface area contributed by atoms with Crippen LogP contribution in [0.5, 0.6) is 5.75 Å². The third-order valence-corrected chi connectivity index (χ3v) is 3.10. The highest BCUT2D eigenvalue weighted by molar-refractivity contribution is 9.10. The van der Waals surface area contributed by atoms with Crippen molar-refractivity contribution >= 4 is 33.6 Å². The van der Waals surface area contributed by atoms with Gasteiger partial charge in [0.15, 0.2) is 6.10 Å². The molecule has 2 amide bonds. The van der Waals surface area contributed by atoms with Crippen molar-refractivity contribution in [3.8, 4) is 5.75 Å². The van der Waals surface area contributed by atoms with E-state index in [4.69, 9.17) is 14.9 Å². The number of carbonyl (C=O) groups excluding carboxylic acids is 1. The number of carbonyl (C=O) groups is 2. The quantitative estimate of drug-likeness (QED) is 0.622. The SMILES string of the molecule is COc1ccc(Br)c(NC(=O)NCC[C@H](O)C(=O)O)c1. The van der Waals surface area contributed by atoms with Gasteiger partial charge in [-0.2, -0.15) is 0 Å². The number of aliphatic hydroxyl groups excluding tert-OH is 1. The Bertz CT molecular complexity index is 495. The zero-order valence-electron chi connectivity index (χ0n) is 10.7. The van der Waals surface area contributed by atoms with Gasteiger partial charge in [0, 0.05) is 23.5 Å². The number of nitrogens with one attached hydrogen (secondary N) is 2. The highest BCUT2D eigenvalue weighted by Crippen LogP contribution is 2.26. The predicted molar refractivity (Wildman–Crippen MR) is 76.0 cm³/mol. The summed E-state index contributed by atoms with van der Waals surface area (Å²) in [5.74, 6) is -0.729. The van der Waals surface area contributed by atoms with Crippen molar-refractivity contribution in [1.82, 2.24) is 5.32 Å². The number of methoxy groups -OCH3 is 1. The fourth-order valence-electron chi connectivity index (χ4n) is 1.34. The van der Waals surface area contributed by atoms with E-state index in [-0.39, 0.29) is 13.0 Å². The first-order valence-electron chi connectivity index (χ1n) is 5.73. The van der Waals surface area contributed by atoms with Crippen LogP contribution in [0.1, 0.15) is 6.42 Å². The van der Waals surface area contributed by atoms with Gasteiger partial charge in [0.25, 0.3) is 0 Å². The van der Waals surface area contributed by atoms with E-state index in [1.54, 1.807) is 18.2 Å². The highest BCUT2D eigenvalue weighted by atomic mass is 79.9. The van der Waals surface area contributed by atoms with Crippen molar-refractivity contribution in [2.24, 2.45) is 0 Å². The number of benzene rings is 1. The van der Waals surface area contributed by atoms with E-state index >= 15 is 0 Å². The number of rotatable bonds is 6. The van der Waals surface area contributed by atoms with E-state index < -0.39 is 18.1 Å². The van der Waals surface area contributed by atoms with Crippen LogP contribution in [0.15, 0.2) is 22.7 Å². The van der Waals surface area contributed by atoms with Gasteiger partial charge in [-0.3, -0.25) is 0 Å². The molecule has 0 heterocycles. The van der Waals surface area contributed by atoms with E-state index in [0.717, 1.165) is 0 Å². The number of hydrogen-bond acceptors (Lipinski definition) is 4. The first-order valence-corrected chi connectivity index (χ1v) is 6.52. The van der Waals surface area contributed by atoms with Crippen LogP contribution in [-0.4, -0.2) is 42.0 Å². The maximum absolute atomic E-state index is 11.6. The minimum Gasteiger partial charge on any atom is -0.497 e. The van der Waals surface area contributed by atoms with E-state index in [2.05, 4.69) is 26.6 Å². The van der Waals surface area contributed by atoms with Crippen LogP contribution >= 0.6 is 15.9 Å². The Labute approximate surface area is 124 Å².